The van der Waals surface area contributed by atoms with Gasteiger partial charge in [-0.15, -0.1) is 0 Å². The number of aromatic amines is 1. The minimum absolute atomic E-state index is 0.278. The van der Waals surface area contributed by atoms with E-state index in [9.17, 15) is 9.18 Å². The lowest BCUT2D eigenvalue weighted by Crippen LogP contribution is -2.12. The van der Waals surface area contributed by atoms with Crippen LogP contribution in [0, 0.1) is 12.7 Å². The Labute approximate surface area is 97.1 Å². The standard InChI is InChI=1S/C12H11FN2O2/c1-7-5-11(15-12(16)14-7)9-4-3-8(17-2)6-10(9)13/h3-6H,1-2H3,(H,14,15,16). The Kier molecular flexibility index (Phi) is 2.91. The number of aromatic nitrogens is 2. The average Bonchev–Trinajstić information content (AvgIpc) is 2.27. The van der Waals surface area contributed by atoms with Gasteiger partial charge in [0.25, 0.3) is 0 Å². The van der Waals surface area contributed by atoms with Gasteiger partial charge in [-0.25, -0.2) is 9.18 Å². The first-order valence-corrected chi connectivity index (χ1v) is 5.02. The number of ether oxygens (including phenoxy) is 1. The second-order valence-corrected chi connectivity index (χ2v) is 3.60. The number of rotatable bonds is 2. The summed E-state index contributed by atoms with van der Waals surface area (Å²) in [6.07, 6.45) is 0. The first-order valence-electron chi connectivity index (χ1n) is 5.02. The van der Waals surface area contributed by atoms with Crippen LogP contribution in [0.5, 0.6) is 5.75 Å². The molecule has 0 spiro atoms. The molecule has 17 heavy (non-hydrogen) atoms. The number of hydrogen-bond acceptors (Lipinski definition) is 3. The second-order valence-electron chi connectivity index (χ2n) is 3.60. The first kappa shape index (κ1) is 11.3. The lowest BCUT2D eigenvalue weighted by atomic mass is 10.1. The summed E-state index contributed by atoms with van der Waals surface area (Å²) in [6.45, 7) is 1.72. The molecule has 0 saturated carbocycles. The van der Waals surface area contributed by atoms with E-state index in [4.69, 9.17) is 4.74 Å². The Balaban J connectivity index is 2.56. The molecule has 0 aliphatic carbocycles. The van der Waals surface area contributed by atoms with Crippen molar-refractivity contribution in [3.05, 3.63) is 46.3 Å². The molecule has 1 N–H and O–H groups in total. The van der Waals surface area contributed by atoms with Crippen LogP contribution in [0.4, 0.5) is 4.39 Å². The molecule has 0 radical (unpaired) electrons. The fraction of sp³-hybridized carbons (Fsp3) is 0.167. The van der Waals surface area contributed by atoms with Crippen molar-refractivity contribution in [2.45, 2.75) is 6.92 Å². The number of hydrogen-bond donors (Lipinski definition) is 1. The third-order valence-electron chi connectivity index (χ3n) is 2.33. The third kappa shape index (κ3) is 2.33. The number of halogens is 1. The molecule has 1 heterocycles. The lowest BCUT2D eigenvalue weighted by Gasteiger charge is -2.05. The van der Waals surface area contributed by atoms with Crippen LogP contribution in [0.3, 0.4) is 0 Å². The monoisotopic (exact) mass is 234 g/mol. The minimum atomic E-state index is -0.491. The molecule has 88 valence electrons. The van der Waals surface area contributed by atoms with Crippen molar-refractivity contribution in [3.8, 4) is 17.0 Å². The molecule has 1 aromatic carbocycles. The third-order valence-corrected chi connectivity index (χ3v) is 2.33. The molecule has 0 saturated heterocycles. The van der Waals surface area contributed by atoms with Crippen molar-refractivity contribution in [1.29, 1.82) is 0 Å². The van der Waals surface area contributed by atoms with E-state index in [1.165, 1.54) is 19.2 Å². The zero-order chi connectivity index (χ0) is 12.4. The van der Waals surface area contributed by atoms with Crippen molar-refractivity contribution in [2.75, 3.05) is 7.11 Å². The molecule has 0 atom stereocenters. The summed E-state index contributed by atoms with van der Waals surface area (Å²) in [6, 6.07) is 6.03. The van der Waals surface area contributed by atoms with Gasteiger partial charge in [0.1, 0.15) is 11.6 Å². The van der Waals surface area contributed by atoms with E-state index in [1.54, 1.807) is 19.1 Å². The fourth-order valence-electron chi connectivity index (χ4n) is 1.55. The largest absolute Gasteiger partial charge is 0.497 e. The smallest absolute Gasteiger partial charge is 0.345 e. The van der Waals surface area contributed by atoms with Gasteiger partial charge in [-0.05, 0) is 25.1 Å². The molecule has 0 unspecified atom stereocenters. The second kappa shape index (κ2) is 4.37. The number of H-pyrrole nitrogens is 1. The van der Waals surface area contributed by atoms with Crippen molar-refractivity contribution >= 4 is 0 Å². The van der Waals surface area contributed by atoms with Crippen molar-refractivity contribution in [3.63, 3.8) is 0 Å². The van der Waals surface area contributed by atoms with Gasteiger partial charge < -0.3 is 9.72 Å². The zero-order valence-corrected chi connectivity index (χ0v) is 9.45. The molecule has 0 aliphatic rings. The Bertz CT molecular complexity index is 608. The van der Waals surface area contributed by atoms with Gasteiger partial charge in [-0.2, -0.15) is 4.98 Å². The minimum Gasteiger partial charge on any atom is -0.497 e. The van der Waals surface area contributed by atoms with E-state index in [0.29, 0.717) is 17.1 Å². The maximum absolute atomic E-state index is 13.8. The highest BCUT2D eigenvalue weighted by atomic mass is 19.1. The highest BCUT2D eigenvalue weighted by molar-refractivity contribution is 5.61. The van der Waals surface area contributed by atoms with Gasteiger partial charge in [-0.3, -0.25) is 0 Å². The van der Waals surface area contributed by atoms with Gasteiger partial charge in [0, 0.05) is 17.3 Å². The Hall–Kier alpha value is -2.17. The summed E-state index contributed by atoms with van der Waals surface area (Å²) in [5, 5.41) is 0. The summed E-state index contributed by atoms with van der Waals surface area (Å²) >= 11 is 0. The van der Waals surface area contributed by atoms with Gasteiger partial charge in [-0.1, -0.05) is 0 Å². The quantitative estimate of drug-likeness (QED) is 0.863. The number of nitrogens with zero attached hydrogens (tertiary/aromatic N) is 1. The summed E-state index contributed by atoms with van der Waals surface area (Å²) in [7, 11) is 1.46. The van der Waals surface area contributed by atoms with E-state index < -0.39 is 11.5 Å². The normalized spacial score (nSPS) is 10.3. The summed E-state index contributed by atoms with van der Waals surface area (Å²) in [5.41, 5.74) is 0.733. The van der Waals surface area contributed by atoms with Crippen LogP contribution in [-0.2, 0) is 0 Å². The number of benzene rings is 1. The lowest BCUT2D eigenvalue weighted by molar-refractivity contribution is 0.411. The SMILES string of the molecule is COc1ccc(-c2cc(C)[nH]c(=O)n2)c(F)c1. The molecule has 1 aromatic heterocycles. The summed E-state index contributed by atoms with van der Waals surface area (Å²) in [5.74, 6) is -0.0466. The highest BCUT2D eigenvalue weighted by Gasteiger charge is 2.09. The van der Waals surface area contributed by atoms with Crippen molar-refractivity contribution in [1.82, 2.24) is 9.97 Å². The molecule has 0 fully saturated rings. The van der Waals surface area contributed by atoms with Gasteiger partial charge >= 0.3 is 5.69 Å². The Morgan fingerprint density at radius 1 is 1.35 bits per heavy atom. The Morgan fingerprint density at radius 2 is 2.12 bits per heavy atom. The van der Waals surface area contributed by atoms with Crippen LogP contribution in [0.2, 0.25) is 0 Å². The maximum Gasteiger partial charge on any atom is 0.345 e. The molecule has 0 amide bonds. The average molecular weight is 234 g/mol. The Morgan fingerprint density at radius 3 is 2.71 bits per heavy atom. The van der Waals surface area contributed by atoms with E-state index in [2.05, 4.69) is 9.97 Å². The van der Waals surface area contributed by atoms with Crippen LogP contribution in [-0.4, -0.2) is 17.1 Å². The van der Waals surface area contributed by atoms with E-state index >= 15 is 0 Å². The van der Waals surface area contributed by atoms with Crippen LogP contribution >= 0.6 is 0 Å². The molecule has 5 heteroatoms. The predicted octanol–water partition coefficient (Wildman–Crippen LogP) is 1.89. The van der Waals surface area contributed by atoms with Gasteiger partial charge in [0.2, 0.25) is 0 Å². The number of aryl methyl sites for hydroxylation is 1. The molecular formula is C12H11FN2O2. The van der Waals surface area contributed by atoms with Crippen LogP contribution < -0.4 is 10.4 Å². The van der Waals surface area contributed by atoms with Crippen LogP contribution in [0.25, 0.3) is 11.3 Å². The highest BCUT2D eigenvalue weighted by Crippen LogP contribution is 2.24. The van der Waals surface area contributed by atoms with Crippen LogP contribution in [0.1, 0.15) is 5.69 Å². The maximum atomic E-state index is 13.8. The summed E-state index contributed by atoms with van der Waals surface area (Å²) < 4.78 is 18.7. The van der Waals surface area contributed by atoms with E-state index in [-0.39, 0.29) is 5.56 Å². The molecular weight excluding hydrogens is 223 g/mol. The molecule has 2 aromatic rings. The molecule has 0 aliphatic heterocycles. The van der Waals surface area contributed by atoms with Gasteiger partial charge in [0.15, 0.2) is 0 Å². The van der Waals surface area contributed by atoms with E-state index in [1.807, 2.05) is 0 Å². The topological polar surface area (TPSA) is 55.0 Å². The van der Waals surface area contributed by atoms with E-state index in [0.717, 1.165) is 0 Å². The van der Waals surface area contributed by atoms with Crippen LogP contribution in [0.15, 0.2) is 29.1 Å². The molecule has 0 bridgehead atoms. The summed E-state index contributed by atoms with van der Waals surface area (Å²) in [4.78, 5) is 17.4. The molecule has 4 nitrogen and oxygen atoms in total. The zero-order valence-electron chi connectivity index (χ0n) is 9.45. The van der Waals surface area contributed by atoms with Crippen molar-refractivity contribution < 1.29 is 9.13 Å². The van der Waals surface area contributed by atoms with Crippen molar-refractivity contribution in [2.24, 2.45) is 0 Å². The first-order chi connectivity index (χ1) is 8.10. The number of nitrogens with one attached hydrogen (secondary N) is 1. The molecule has 2 rings (SSSR count). The fourth-order valence-corrected chi connectivity index (χ4v) is 1.55. The predicted molar refractivity (Wildman–Crippen MR) is 61.5 cm³/mol. The van der Waals surface area contributed by atoms with Gasteiger partial charge in [0.05, 0.1) is 12.8 Å². The number of methoxy groups -OCH3 is 1.